The van der Waals surface area contributed by atoms with Crippen molar-refractivity contribution >= 4 is 34.3 Å². The number of phenolic OH excluding ortho intramolecular Hbond substituents is 1. The van der Waals surface area contributed by atoms with E-state index in [-0.39, 0.29) is 5.75 Å². The second-order valence-electron chi connectivity index (χ2n) is 3.92. The number of hydrogen-bond donors (Lipinski definition) is 2. The van der Waals surface area contributed by atoms with Gasteiger partial charge in [0, 0.05) is 11.9 Å². The van der Waals surface area contributed by atoms with E-state index in [4.69, 9.17) is 11.6 Å². The van der Waals surface area contributed by atoms with E-state index in [0.717, 1.165) is 5.69 Å². The Morgan fingerprint density at radius 3 is 2.58 bits per heavy atom. The maximum absolute atomic E-state index is 9.21. The lowest BCUT2D eigenvalue weighted by molar-refractivity contribution is 0.475. The Balaban J connectivity index is 1.94. The minimum Gasteiger partial charge on any atom is -0.508 e. The largest absolute Gasteiger partial charge is 0.508 e. The van der Waals surface area contributed by atoms with Crippen molar-refractivity contribution in [2.75, 3.05) is 5.32 Å². The second-order valence-corrected chi connectivity index (χ2v) is 4.36. The molecule has 0 spiro atoms. The highest BCUT2D eigenvalue weighted by atomic mass is 35.5. The van der Waals surface area contributed by atoms with E-state index in [9.17, 15) is 5.11 Å². The Hall–Kier alpha value is -2.40. The van der Waals surface area contributed by atoms with Crippen molar-refractivity contribution in [3.63, 3.8) is 0 Å². The van der Waals surface area contributed by atoms with Crippen LogP contribution in [-0.4, -0.2) is 20.1 Å². The number of aromatic hydroxyl groups is 1. The molecule has 94 valence electrons. The molecule has 0 aliphatic carbocycles. The Morgan fingerprint density at radius 1 is 1.00 bits per heavy atom. The van der Waals surface area contributed by atoms with Crippen LogP contribution >= 0.6 is 11.6 Å². The monoisotopic (exact) mass is 272 g/mol. The highest BCUT2D eigenvalue weighted by Gasteiger charge is 2.02. The molecule has 0 bridgehead atoms. The van der Waals surface area contributed by atoms with E-state index in [1.165, 1.54) is 0 Å². The van der Waals surface area contributed by atoms with Crippen LogP contribution in [0.2, 0.25) is 5.02 Å². The van der Waals surface area contributed by atoms with Crippen LogP contribution in [0.25, 0.3) is 11.0 Å². The lowest BCUT2D eigenvalue weighted by Gasteiger charge is -2.05. The molecule has 2 N–H and O–H groups in total. The zero-order valence-corrected chi connectivity index (χ0v) is 10.5. The van der Waals surface area contributed by atoms with Crippen molar-refractivity contribution in [3.8, 4) is 5.75 Å². The molecule has 5 nitrogen and oxygen atoms in total. The van der Waals surface area contributed by atoms with E-state index >= 15 is 0 Å². The lowest BCUT2D eigenvalue weighted by Crippen LogP contribution is -1.97. The number of benzene rings is 1. The van der Waals surface area contributed by atoms with Crippen LogP contribution < -0.4 is 5.32 Å². The Morgan fingerprint density at radius 2 is 1.79 bits per heavy atom. The van der Waals surface area contributed by atoms with Crippen molar-refractivity contribution in [2.45, 2.75) is 0 Å². The summed E-state index contributed by atoms with van der Waals surface area (Å²) in [6.07, 6.45) is 3.18. The Kier molecular flexibility index (Phi) is 2.89. The van der Waals surface area contributed by atoms with Gasteiger partial charge in [-0.25, -0.2) is 9.97 Å². The van der Waals surface area contributed by atoms with E-state index in [0.29, 0.717) is 22.0 Å². The first-order chi connectivity index (χ1) is 9.20. The van der Waals surface area contributed by atoms with Gasteiger partial charge in [0.1, 0.15) is 11.3 Å². The van der Waals surface area contributed by atoms with E-state index in [1.807, 2.05) is 0 Å². The average Bonchev–Trinajstić information content (AvgIpc) is 2.41. The number of nitrogens with zero attached hydrogens (tertiary/aromatic N) is 3. The number of anilines is 2. The van der Waals surface area contributed by atoms with Crippen LogP contribution in [-0.2, 0) is 0 Å². The molecule has 19 heavy (non-hydrogen) atoms. The fourth-order valence-corrected chi connectivity index (χ4v) is 1.78. The number of phenols is 1. The molecule has 3 rings (SSSR count). The lowest BCUT2D eigenvalue weighted by atomic mass is 10.3. The van der Waals surface area contributed by atoms with Crippen molar-refractivity contribution in [1.82, 2.24) is 15.0 Å². The van der Waals surface area contributed by atoms with Crippen molar-refractivity contribution in [3.05, 3.63) is 47.7 Å². The van der Waals surface area contributed by atoms with Crippen LogP contribution in [0.3, 0.4) is 0 Å². The first-order valence-corrected chi connectivity index (χ1v) is 5.93. The third kappa shape index (κ3) is 2.56. The topological polar surface area (TPSA) is 70.9 Å². The second kappa shape index (κ2) is 4.70. The smallest absolute Gasteiger partial charge is 0.227 e. The zero-order valence-electron chi connectivity index (χ0n) is 9.71. The zero-order chi connectivity index (χ0) is 13.2. The predicted molar refractivity (Wildman–Crippen MR) is 73.7 cm³/mol. The van der Waals surface area contributed by atoms with Crippen LogP contribution in [0.4, 0.5) is 11.6 Å². The number of aromatic nitrogens is 3. The summed E-state index contributed by atoms with van der Waals surface area (Å²) in [5.41, 5.74) is 2.14. The van der Waals surface area contributed by atoms with Gasteiger partial charge < -0.3 is 10.4 Å². The van der Waals surface area contributed by atoms with E-state index in [1.54, 1.807) is 42.7 Å². The summed E-state index contributed by atoms with van der Waals surface area (Å²) in [5.74, 6) is 0.656. The van der Waals surface area contributed by atoms with Gasteiger partial charge in [-0.2, -0.15) is 0 Å². The fraction of sp³-hybridized carbons (Fsp3) is 0. The molecule has 0 fully saturated rings. The Bertz CT molecular complexity index is 730. The molecule has 0 atom stereocenters. The molecular weight excluding hydrogens is 264 g/mol. The number of hydrogen-bond acceptors (Lipinski definition) is 5. The van der Waals surface area contributed by atoms with Gasteiger partial charge in [-0.1, -0.05) is 11.6 Å². The number of pyridine rings is 1. The maximum atomic E-state index is 9.21. The minimum absolute atomic E-state index is 0.209. The first-order valence-electron chi connectivity index (χ1n) is 5.55. The summed E-state index contributed by atoms with van der Waals surface area (Å²) >= 11 is 5.88. The van der Waals surface area contributed by atoms with Crippen LogP contribution in [0.1, 0.15) is 0 Å². The number of nitrogens with one attached hydrogen (secondary N) is 1. The first kappa shape index (κ1) is 11.7. The maximum Gasteiger partial charge on any atom is 0.227 e. The Labute approximate surface area is 113 Å². The molecule has 3 aromatic rings. The molecule has 1 aromatic carbocycles. The van der Waals surface area contributed by atoms with Gasteiger partial charge in [0.2, 0.25) is 5.95 Å². The number of halogens is 1. The third-order valence-corrected chi connectivity index (χ3v) is 2.73. The highest BCUT2D eigenvalue weighted by Crippen LogP contribution is 2.19. The van der Waals surface area contributed by atoms with Gasteiger partial charge in [0.25, 0.3) is 0 Å². The molecule has 0 saturated carbocycles. The molecule has 2 heterocycles. The van der Waals surface area contributed by atoms with E-state index < -0.39 is 0 Å². The normalized spacial score (nSPS) is 10.6. The van der Waals surface area contributed by atoms with E-state index in [2.05, 4.69) is 20.3 Å². The molecule has 0 aliphatic rings. The van der Waals surface area contributed by atoms with Gasteiger partial charge in [-0.3, -0.25) is 4.98 Å². The van der Waals surface area contributed by atoms with Crippen molar-refractivity contribution in [2.24, 2.45) is 0 Å². The summed E-state index contributed by atoms with van der Waals surface area (Å²) in [6, 6.07) is 8.37. The molecule has 6 heteroatoms. The molecular formula is C13H9ClN4O. The van der Waals surface area contributed by atoms with Gasteiger partial charge in [0.15, 0.2) is 0 Å². The molecule has 0 saturated heterocycles. The number of fused-ring (bicyclic) bond motifs is 1. The van der Waals surface area contributed by atoms with Gasteiger partial charge in [-0.15, -0.1) is 0 Å². The van der Waals surface area contributed by atoms with Crippen LogP contribution in [0.15, 0.2) is 42.7 Å². The highest BCUT2D eigenvalue weighted by molar-refractivity contribution is 6.31. The average molecular weight is 273 g/mol. The summed E-state index contributed by atoms with van der Waals surface area (Å²) in [5, 5.41) is 12.8. The minimum atomic E-state index is 0.209. The molecule has 2 aromatic heterocycles. The molecule has 0 radical (unpaired) electrons. The van der Waals surface area contributed by atoms with Gasteiger partial charge >= 0.3 is 0 Å². The van der Waals surface area contributed by atoms with Crippen molar-refractivity contribution in [1.29, 1.82) is 0 Å². The SMILES string of the molecule is Oc1ccc(Nc2ncc3ncc(Cl)cc3n2)cc1. The fourth-order valence-electron chi connectivity index (χ4n) is 1.63. The molecule has 0 aliphatic heterocycles. The van der Waals surface area contributed by atoms with Crippen LogP contribution in [0, 0.1) is 0 Å². The standard InChI is InChI=1S/C13H9ClN4O/c14-8-5-11-12(15-6-8)7-16-13(18-11)17-9-1-3-10(19)4-2-9/h1-7,19H,(H,16,17,18). The number of rotatable bonds is 2. The summed E-state index contributed by atoms with van der Waals surface area (Å²) in [4.78, 5) is 12.6. The quantitative estimate of drug-likeness (QED) is 0.701. The van der Waals surface area contributed by atoms with Gasteiger partial charge in [-0.05, 0) is 30.3 Å². The third-order valence-electron chi connectivity index (χ3n) is 2.52. The van der Waals surface area contributed by atoms with Crippen LogP contribution in [0.5, 0.6) is 5.75 Å². The molecule has 0 amide bonds. The van der Waals surface area contributed by atoms with Gasteiger partial charge in [0.05, 0.1) is 16.7 Å². The molecule has 0 unspecified atom stereocenters. The summed E-state index contributed by atoms with van der Waals surface area (Å²) in [7, 11) is 0. The summed E-state index contributed by atoms with van der Waals surface area (Å²) in [6.45, 7) is 0. The summed E-state index contributed by atoms with van der Waals surface area (Å²) < 4.78 is 0. The van der Waals surface area contributed by atoms with Crippen molar-refractivity contribution < 1.29 is 5.11 Å². The predicted octanol–water partition coefficient (Wildman–Crippen LogP) is 3.13.